The molecule has 0 aliphatic carbocycles. The van der Waals surface area contributed by atoms with Gasteiger partial charge in [-0.3, -0.25) is 14.4 Å². The zero-order chi connectivity index (χ0) is 18.0. The average molecular weight is 345 g/mol. The molecule has 0 saturated carbocycles. The summed E-state index contributed by atoms with van der Waals surface area (Å²) in [6, 6.07) is 0.605. The predicted molar refractivity (Wildman–Crippen MR) is 100 cm³/mol. The summed E-state index contributed by atoms with van der Waals surface area (Å²) in [7, 11) is 0. The van der Waals surface area contributed by atoms with Crippen LogP contribution < -0.4 is 0 Å². The normalized spacial score (nSPS) is 25.1. The maximum Gasteiger partial charge on any atom is 0.249 e. The molecule has 1 aromatic heterocycles. The first-order chi connectivity index (χ1) is 12.0. The van der Waals surface area contributed by atoms with Gasteiger partial charge in [-0.2, -0.15) is 5.10 Å². The van der Waals surface area contributed by atoms with E-state index in [-0.39, 0.29) is 5.91 Å². The van der Waals surface area contributed by atoms with Crippen LogP contribution >= 0.6 is 0 Å². The third-order valence-corrected chi connectivity index (χ3v) is 5.99. The van der Waals surface area contributed by atoms with Crippen LogP contribution in [0.15, 0.2) is 17.8 Å². The molecule has 0 bridgehead atoms. The van der Waals surface area contributed by atoms with Crippen LogP contribution in [-0.4, -0.2) is 51.2 Å². The largest absolute Gasteiger partial charge is 0.339 e. The number of amides is 1. The Kier molecular flexibility index (Phi) is 5.62. The number of fused-ring (bicyclic) bond motifs is 1. The number of allylic oxidation sites excluding steroid dienone is 1. The monoisotopic (exact) mass is 344 g/mol. The molecule has 0 unspecified atom stereocenters. The highest BCUT2D eigenvalue weighted by Gasteiger charge is 2.37. The molecule has 2 saturated heterocycles. The van der Waals surface area contributed by atoms with Gasteiger partial charge in [0, 0.05) is 49.6 Å². The van der Waals surface area contributed by atoms with Crippen LogP contribution in [0.3, 0.4) is 0 Å². The van der Waals surface area contributed by atoms with Crippen molar-refractivity contribution in [3.05, 3.63) is 29.1 Å². The lowest BCUT2D eigenvalue weighted by Gasteiger charge is -2.47. The lowest BCUT2D eigenvalue weighted by atomic mass is 9.83. The van der Waals surface area contributed by atoms with Gasteiger partial charge in [-0.25, -0.2) is 0 Å². The molecular weight excluding hydrogens is 312 g/mol. The van der Waals surface area contributed by atoms with E-state index in [9.17, 15) is 4.79 Å². The summed E-state index contributed by atoms with van der Waals surface area (Å²) in [5, 5.41) is 4.59. The summed E-state index contributed by atoms with van der Waals surface area (Å²) in [5.74, 6) is 0.829. The van der Waals surface area contributed by atoms with E-state index >= 15 is 0 Å². The number of hydrogen-bond donors (Lipinski definition) is 0. The highest BCUT2D eigenvalue weighted by atomic mass is 16.2. The van der Waals surface area contributed by atoms with Gasteiger partial charge >= 0.3 is 0 Å². The van der Waals surface area contributed by atoms with Crippen molar-refractivity contribution in [2.24, 2.45) is 5.92 Å². The van der Waals surface area contributed by atoms with Crippen LogP contribution in [0.2, 0.25) is 0 Å². The van der Waals surface area contributed by atoms with E-state index < -0.39 is 0 Å². The van der Waals surface area contributed by atoms with Crippen molar-refractivity contribution >= 4 is 5.91 Å². The van der Waals surface area contributed by atoms with E-state index in [1.165, 1.54) is 24.9 Å². The molecule has 2 aliphatic heterocycles. The molecule has 5 nitrogen and oxygen atoms in total. The summed E-state index contributed by atoms with van der Waals surface area (Å²) in [4.78, 5) is 17.2. The Balaban J connectivity index is 1.67. The number of rotatable bonds is 4. The number of aromatic nitrogens is 2. The summed E-state index contributed by atoms with van der Waals surface area (Å²) < 4.78 is 2.03. The number of hydrogen-bond acceptors (Lipinski definition) is 3. The van der Waals surface area contributed by atoms with Gasteiger partial charge in [0.05, 0.1) is 5.69 Å². The van der Waals surface area contributed by atoms with Crippen molar-refractivity contribution < 1.29 is 4.79 Å². The van der Waals surface area contributed by atoms with E-state index in [4.69, 9.17) is 0 Å². The first-order valence-corrected chi connectivity index (χ1v) is 9.72. The Labute approximate surface area is 151 Å². The van der Waals surface area contributed by atoms with Crippen LogP contribution in [0.1, 0.15) is 51.3 Å². The van der Waals surface area contributed by atoms with Crippen molar-refractivity contribution in [1.29, 1.82) is 0 Å². The molecule has 25 heavy (non-hydrogen) atoms. The minimum absolute atomic E-state index is 0.221. The first-order valence-electron chi connectivity index (χ1n) is 9.72. The zero-order valence-corrected chi connectivity index (χ0v) is 16.2. The van der Waals surface area contributed by atoms with E-state index in [2.05, 4.69) is 34.9 Å². The van der Waals surface area contributed by atoms with E-state index in [1.54, 1.807) is 0 Å². The second-order valence-corrected chi connectivity index (χ2v) is 7.55. The van der Waals surface area contributed by atoms with Crippen LogP contribution in [0.4, 0.5) is 0 Å². The van der Waals surface area contributed by atoms with Crippen LogP contribution in [-0.2, 0) is 17.9 Å². The molecule has 0 aromatic carbocycles. The van der Waals surface area contributed by atoms with Gasteiger partial charge in [0.2, 0.25) is 5.91 Å². The molecule has 0 N–H and O–H groups in total. The Morgan fingerprint density at radius 1 is 1.36 bits per heavy atom. The maximum atomic E-state index is 12.5. The summed E-state index contributed by atoms with van der Waals surface area (Å²) in [6.07, 6.45) is 7.69. The van der Waals surface area contributed by atoms with Crippen molar-refractivity contribution in [3.8, 4) is 0 Å². The van der Waals surface area contributed by atoms with Crippen molar-refractivity contribution in [2.45, 2.75) is 66.1 Å². The smallest absolute Gasteiger partial charge is 0.249 e. The minimum atomic E-state index is 0.221. The standard InChI is InChI=1S/C20H32N4O/c1-5-15(3)20(25)23-11-9-19-17(12-23)8-7-10-22(19)13-18-14-24(6-2)21-16(18)4/h5,14,17,19H,6-13H2,1-4H3/b15-5+/t17-,19-/m0/s1. The molecule has 0 radical (unpaired) electrons. The molecule has 3 heterocycles. The van der Waals surface area contributed by atoms with Gasteiger partial charge < -0.3 is 4.90 Å². The predicted octanol–water partition coefficient (Wildman–Crippen LogP) is 2.99. The van der Waals surface area contributed by atoms with Gasteiger partial charge in [0.25, 0.3) is 0 Å². The molecule has 2 aliphatic rings. The number of carbonyl (C=O) groups excluding carboxylic acids is 1. The molecule has 2 atom stereocenters. The van der Waals surface area contributed by atoms with Gasteiger partial charge in [0.15, 0.2) is 0 Å². The van der Waals surface area contributed by atoms with Gasteiger partial charge in [0.1, 0.15) is 0 Å². The van der Waals surface area contributed by atoms with Crippen LogP contribution in [0.5, 0.6) is 0 Å². The Bertz CT molecular complexity index is 648. The summed E-state index contributed by atoms with van der Waals surface area (Å²) in [5.41, 5.74) is 3.37. The fourth-order valence-electron chi connectivity index (χ4n) is 4.36. The summed E-state index contributed by atoms with van der Waals surface area (Å²) >= 11 is 0. The van der Waals surface area contributed by atoms with Crippen LogP contribution in [0, 0.1) is 12.8 Å². The molecule has 5 heteroatoms. The topological polar surface area (TPSA) is 41.4 Å². The Morgan fingerprint density at radius 2 is 2.16 bits per heavy atom. The molecular formula is C20H32N4O. The molecule has 2 fully saturated rings. The SMILES string of the molecule is C/C=C(\C)C(=O)N1CC[C@H]2[C@@H](CCCN2Cc2cn(CC)nc2C)C1. The maximum absolute atomic E-state index is 12.5. The number of likely N-dealkylation sites (tertiary alicyclic amines) is 2. The number of nitrogens with zero attached hydrogens (tertiary/aromatic N) is 4. The third-order valence-electron chi connectivity index (χ3n) is 5.99. The van der Waals surface area contributed by atoms with Crippen LogP contribution in [0.25, 0.3) is 0 Å². The Morgan fingerprint density at radius 3 is 2.84 bits per heavy atom. The van der Waals surface area contributed by atoms with E-state index in [0.29, 0.717) is 12.0 Å². The Hall–Kier alpha value is -1.62. The van der Waals surface area contributed by atoms with Gasteiger partial charge in [-0.1, -0.05) is 6.08 Å². The van der Waals surface area contributed by atoms with Crippen molar-refractivity contribution in [1.82, 2.24) is 19.6 Å². The average Bonchev–Trinajstić information content (AvgIpc) is 3.00. The molecule has 1 aromatic rings. The highest BCUT2D eigenvalue weighted by molar-refractivity contribution is 5.92. The number of aryl methyl sites for hydroxylation is 2. The summed E-state index contributed by atoms with van der Waals surface area (Å²) in [6.45, 7) is 13.0. The molecule has 138 valence electrons. The molecule has 1 amide bonds. The first kappa shape index (κ1) is 18.2. The number of carbonyl (C=O) groups is 1. The van der Waals surface area contributed by atoms with Crippen molar-refractivity contribution in [2.75, 3.05) is 19.6 Å². The zero-order valence-electron chi connectivity index (χ0n) is 16.2. The van der Waals surface area contributed by atoms with E-state index in [1.807, 2.05) is 24.6 Å². The minimum Gasteiger partial charge on any atom is -0.339 e. The van der Waals surface area contributed by atoms with Gasteiger partial charge in [-0.05, 0) is 59.4 Å². The van der Waals surface area contributed by atoms with Crippen molar-refractivity contribution in [3.63, 3.8) is 0 Å². The lowest BCUT2D eigenvalue weighted by molar-refractivity contribution is -0.130. The highest BCUT2D eigenvalue weighted by Crippen LogP contribution is 2.32. The van der Waals surface area contributed by atoms with E-state index in [0.717, 1.165) is 43.9 Å². The lowest BCUT2D eigenvalue weighted by Crippen LogP contribution is -2.54. The molecule has 0 spiro atoms. The fraction of sp³-hybridized carbons (Fsp3) is 0.700. The van der Waals surface area contributed by atoms with Gasteiger partial charge in [-0.15, -0.1) is 0 Å². The second kappa shape index (κ2) is 7.73. The third kappa shape index (κ3) is 3.81. The molecule has 3 rings (SSSR count). The number of piperidine rings is 2. The fourth-order valence-corrected chi connectivity index (χ4v) is 4.36. The quantitative estimate of drug-likeness (QED) is 0.789. The second-order valence-electron chi connectivity index (χ2n) is 7.55.